The average Bonchev–Trinajstić information content (AvgIpc) is 2.25. The third kappa shape index (κ3) is 3.19. The first-order chi connectivity index (χ1) is 7.60. The van der Waals surface area contributed by atoms with Gasteiger partial charge in [0.2, 0.25) is 0 Å². The summed E-state index contributed by atoms with van der Waals surface area (Å²) in [5.41, 5.74) is 0.630. The van der Waals surface area contributed by atoms with Crippen LogP contribution < -0.4 is 5.32 Å². The van der Waals surface area contributed by atoms with Crippen molar-refractivity contribution in [3.63, 3.8) is 0 Å². The summed E-state index contributed by atoms with van der Waals surface area (Å²) in [6.07, 6.45) is 1.70. The summed E-state index contributed by atoms with van der Waals surface area (Å²) in [7, 11) is 1.94. The molecule has 2 unspecified atom stereocenters. The maximum Gasteiger partial charge on any atom is 0.127 e. The van der Waals surface area contributed by atoms with E-state index in [0.717, 1.165) is 6.42 Å². The van der Waals surface area contributed by atoms with E-state index in [0.29, 0.717) is 29.0 Å². The Labute approximate surface area is 102 Å². The third-order valence-corrected chi connectivity index (χ3v) is 3.44. The van der Waals surface area contributed by atoms with Crippen LogP contribution in [0.25, 0.3) is 0 Å². The maximum absolute atomic E-state index is 13.6. The number of hydrogen-bond donors (Lipinski definition) is 1. The molecular formula is C13H19ClFN. The minimum absolute atomic E-state index is 0.203. The van der Waals surface area contributed by atoms with Crippen LogP contribution in [0.15, 0.2) is 18.2 Å². The van der Waals surface area contributed by atoms with Crippen LogP contribution >= 0.6 is 11.6 Å². The van der Waals surface area contributed by atoms with Crippen LogP contribution in [-0.2, 0) is 6.42 Å². The van der Waals surface area contributed by atoms with E-state index in [2.05, 4.69) is 19.2 Å². The molecular weight excluding hydrogens is 225 g/mol. The summed E-state index contributed by atoms with van der Waals surface area (Å²) in [5.74, 6) is 0.162. The van der Waals surface area contributed by atoms with Crippen molar-refractivity contribution in [1.82, 2.24) is 5.32 Å². The molecule has 16 heavy (non-hydrogen) atoms. The van der Waals surface area contributed by atoms with Gasteiger partial charge in [0, 0.05) is 16.6 Å². The Kier molecular flexibility index (Phi) is 5.23. The molecule has 3 heteroatoms. The molecule has 0 saturated carbocycles. The van der Waals surface area contributed by atoms with Gasteiger partial charge in [-0.25, -0.2) is 4.39 Å². The molecule has 1 N–H and O–H groups in total. The number of nitrogens with one attached hydrogen (secondary N) is 1. The minimum Gasteiger partial charge on any atom is -0.317 e. The van der Waals surface area contributed by atoms with Gasteiger partial charge in [-0.2, -0.15) is 0 Å². The van der Waals surface area contributed by atoms with Crippen molar-refractivity contribution in [2.75, 3.05) is 7.05 Å². The predicted octanol–water partition coefficient (Wildman–Crippen LogP) is 3.66. The van der Waals surface area contributed by atoms with E-state index in [9.17, 15) is 4.39 Å². The van der Waals surface area contributed by atoms with Crippen LogP contribution in [-0.4, -0.2) is 13.1 Å². The van der Waals surface area contributed by atoms with Crippen molar-refractivity contribution in [2.45, 2.75) is 32.7 Å². The molecule has 1 nitrogen and oxygen atoms in total. The molecule has 90 valence electrons. The normalized spacial score (nSPS) is 14.8. The van der Waals surface area contributed by atoms with Crippen LogP contribution in [0.5, 0.6) is 0 Å². The Balaban J connectivity index is 2.80. The van der Waals surface area contributed by atoms with Crippen LogP contribution in [0.4, 0.5) is 4.39 Å². The summed E-state index contributed by atoms with van der Waals surface area (Å²) in [4.78, 5) is 0. The van der Waals surface area contributed by atoms with E-state index < -0.39 is 0 Å². The number of halogens is 2. The van der Waals surface area contributed by atoms with E-state index in [4.69, 9.17) is 11.6 Å². The minimum atomic E-state index is -0.203. The molecule has 0 aromatic heterocycles. The molecule has 1 aromatic carbocycles. The molecule has 0 bridgehead atoms. The highest BCUT2D eigenvalue weighted by atomic mass is 35.5. The van der Waals surface area contributed by atoms with Gasteiger partial charge in [-0.3, -0.25) is 0 Å². The highest BCUT2D eigenvalue weighted by Gasteiger charge is 2.17. The smallest absolute Gasteiger partial charge is 0.127 e. The van der Waals surface area contributed by atoms with Crippen molar-refractivity contribution in [2.24, 2.45) is 5.92 Å². The van der Waals surface area contributed by atoms with Gasteiger partial charge < -0.3 is 5.32 Å². The molecule has 1 aromatic rings. The first-order valence-corrected chi connectivity index (χ1v) is 6.08. The quantitative estimate of drug-likeness (QED) is 0.832. The lowest BCUT2D eigenvalue weighted by Gasteiger charge is -2.22. The highest BCUT2D eigenvalue weighted by molar-refractivity contribution is 6.31. The molecule has 0 saturated heterocycles. The largest absolute Gasteiger partial charge is 0.317 e. The first-order valence-electron chi connectivity index (χ1n) is 5.70. The molecule has 0 heterocycles. The Morgan fingerprint density at radius 2 is 2.12 bits per heavy atom. The number of hydrogen-bond acceptors (Lipinski definition) is 1. The molecule has 1 rings (SSSR count). The summed E-state index contributed by atoms with van der Waals surface area (Å²) < 4.78 is 13.6. The zero-order chi connectivity index (χ0) is 12.1. The second-order valence-corrected chi connectivity index (χ2v) is 4.59. The van der Waals surface area contributed by atoms with Crippen LogP contribution in [0, 0.1) is 11.7 Å². The van der Waals surface area contributed by atoms with Gasteiger partial charge in [-0.05, 0) is 37.9 Å². The van der Waals surface area contributed by atoms with Gasteiger partial charge >= 0.3 is 0 Å². The Hall–Kier alpha value is -0.600. The lowest BCUT2D eigenvalue weighted by molar-refractivity contribution is 0.382. The Morgan fingerprint density at radius 3 is 2.62 bits per heavy atom. The summed E-state index contributed by atoms with van der Waals surface area (Å²) in [6.45, 7) is 4.24. The number of rotatable bonds is 5. The van der Waals surface area contributed by atoms with Crippen molar-refractivity contribution < 1.29 is 4.39 Å². The molecule has 0 spiro atoms. The summed E-state index contributed by atoms with van der Waals surface area (Å²) >= 11 is 6.00. The van der Waals surface area contributed by atoms with Gasteiger partial charge in [0.05, 0.1) is 0 Å². The molecule has 0 amide bonds. The molecule has 0 radical (unpaired) electrons. The third-order valence-electron chi connectivity index (χ3n) is 3.09. The van der Waals surface area contributed by atoms with Gasteiger partial charge in [0.25, 0.3) is 0 Å². The molecule has 0 aliphatic heterocycles. The first kappa shape index (κ1) is 13.5. The summed E-state index contributed by atoms with van der Waals surface area (Å²) in [5, 5.41) is 3.77. The Bertz CT molecular complexity index is 316. The van der Waals surface area contributed by atoms with Crippen molar-refractivity contribution >= 4 is 11.6 Å². The zero-order valence-electron chi connectivity index (χ0n) is 10.1. The fourth-order valence-corrected chi connectivity index (χ4v) is 2.32. The lowest BCUT2D eigenvalue weighted by atomic mass is 9.92. The standard InChI is InChI=1S/C13H19ClFN/c1-4-13(16-3)9(2)8-10-11(14)6-5-7-12(10)15/h5-7,9,13,16H,4,8H2,1-3H3. The van der Waals surface area contributed by atoms with E-state index in [-0.39, 0.29) is 5.82 Å². The van der Waals surface area contributed by atoms with E-state index in [1.807, 2.05) is 7.05 Å². The maximum atomic E-state index is 13.6. The van der Waals surface area contributed by atoms with Crippen molar-refractivity contribution in [3.05, 3.63) is 34.6 Å². The van der Waals surface area contributed by atoms with E-state index >= 15 is 0 Å². The average molecular weight is 244 g/mol. The Morgan fingerprint density at radius 1 is 1.44 bits per heavy atom. The fraction of sp³-hybridized carbons (Fsp3) is 0.538. The van der Waals surface area contributed by atoms with Gasteiger partial charge in [0.1, 0.15) is 5.82 Å². The SMILES string of the molecule is CCC(NC)C(C)Cc1c(F)cccc1Cl. The molecule has 0 aliphatic rings. The molecule has 0 aliphatic carbocycles. The van der Waals surface area contributed by atoms with Crippen molar-refractivity contribution in [3.8, 4) is 0 Å². The number of benzene rings is 1. The van der Waals surface area contributed by atoms with Crippen LogP contribution in [0.2, 0.25) is 5.02 Å². The van der Waals surface area contributed by atoms with Gasteiger partial charge in [0.15, 0.2) is 0 Å². The van der Waals surface area contributed by atoms with Gasteiger partial charge in [-0.1, -0.05) is 31.5 Å². The van der Waals surface area contributed by atoms with E-state index in [1.54, 1.807) is 12.1 Å². The van der Waals surface area contributed by atoms with Crippen molar-refractivity contribution in [1.29, 1.82) is 0 Å². The fourth-order valence-electron chi connectivity index (χ4n) is 2.08. The lowest BCUT2D eigenvalue weighted by Crippen LogP contribution is -2.32. The van der Waals surface area contributed by atoms with Crippen LogP contribution in [0.1, 0.15) is 25.8 Å². The topological polar surface area (TPSA) is 12.0 Å². The second-order valence-electron chi connectivity index (χ2n) is 4.19. The zero-order valence-corrected chi connectivity index (χ0v) is 10.8. The monoisotopic (exact) mass is 243 g/mol. The van der Waals surface area contributed by atoms with Crippen LogP contribution in [0.3, 0.4) is 0 Å². The molecule has 0 fully saturated rings. The second kappa shape index (κ2) is 6.21. The highest BCUT2D eigenvalue weighted by Crippen LogP contribution is 2.23. The van der Waals surface area contributed by atoms with E-state index in [1.165, 1.54) is 6.07 Å². The summed E-state index contributed by atoms with van der Waals surface area (Å²) in [6, 6.07) is 5.25. The predicted molar refractivity (Wildman–Crippen MR) is 67.4 cm³/mol. The molecule has 2 atom stereocenters. The van der Waals surface area contributed by atoms with Gasteiger partial charge in [-0.15, -0.1) is 0 Å².